The Morgan fingerprint density at radius 3 is 2.41 bits per heavy atom. The highest BCUT2D eigenvalue weighted by Crippen LogP contribution is 2.25. The summed E-state index contributed by atoms with van der Waals surface area (Å²) in [5, 5.41) is 16.9. The van der Waals surface area contributed by atoms with E-state index in [1.54, 1.807) is 24.3 Å². The number of aliphatic hydroxyl groups is 1. The number of oxime groups is 1. The lowest BCUT2D eigenvalue weighted by atomic mass is 9.94. The summed E-state index contributed by atoms with van der Waals surface area (Å²) < 4.78 is 0. The van der Waals surface area contributed by atoms with Crippen LogP contribution in [0.25, 0.3) is 0 Å². The zero-order valence-electron chi connectivity index (χ0n) is 12.5. The Labute approximate surface area is 129 Å². The minimum absolute atomic E-state index is 0.121. The lowest BCUT2D eigenvalue weighted by molar-refractivity contribution is -0.114. The van der Waals surface area contributed by atoms with E-state index in [9.17, 15) is 9.90 Å². The smallest absolute Gasteiger partial charge is 0.273 e. The fourth-order valence-electron chi connectivity index (χ4n) is 2.19. The first kappa shape index (κ1) is 15.7. The van der Waals surface area contributed by atoms with Crippen molar-refractivity contribution in [3.8, 4) is 0 Å². The molecule has 0 spiro atoms. The van der Waals surface area contributed by atoms with Gasteiger partial charge < -0.3 is 15.3 Å². The van der Waals surface area contributed by atoms with Crippen molar-refractivity contribution < 1.29 is 14.7 Å². The number of carbonyl (C=O) groups excluding carboxylic acids is 1. The number of amides is 1. The molecular formula is C17H18N2O3. The summed E-state index contributed by atoms with van der Waals surface area (Å²) in [7, 11) is 2.89. The monoisotopic (exact) mass is 298 g/mol. The van der Waals surface area contributed by atoms with Gasteiger partial charge in [0.2, 0.25) is 0 Å². The average molecular weight is 298 g/mol. The second-order valence-electron chi connectivity index (χ2n) is 4.60. The number of nitrogens with one attached hydrogen (secondary N) is 1. The number of nitrogens with zero attached hydrogens (tertiary/aromatic N) is 1. The predicted molar refractivity (Wildman–Crippen MR) is 84.6 cm³/mol. The van der Waals surface area contributed by atoms with Crippen LogP contribution in [-0.4, -0.2) is 30.9 Å². The lowest BCUT2D eigenvalue weighted by Crippen LogP contribution is -2.29. The Hall–Kier alpha value is -2.66. The molecule has 2 aromatic carbocycles. The highest BCUT2D eigenvalue weighted by molar-refractivity contribution is 6.45. The third kappa shape index (κ3) is 3.32. The molecule has 2 N–H and O–H groups in total. The van der Waals surface area contributed by atoms with Crippen LogP contribution in [0.4, 0.5) is 0 Å². The SMILES string of the molecule is CNC(=O)C(=NOC)c1ccccc1C(O)c1ccccc1. The quantitative estimate of drug-likeness (QED) is 0.654. The molecule has 2 aromatic rings. The van der Waals surface area contributed by atoms with Gasteiger partial charge in [0.1, 0.15) is 13.2 Å². The van der Waals surface area contributed by atoms with E-state index in [4.69, 9.17) is 4.84 Å². The van der Waals surface area contributed by atoms with Crippen molar-refractivity contribution in [3.05, 3.63) is 71.3 Å². The highest BCUT2D eigenvalue weighted by Gasteiger charge is 2.21. The van der Waals surface area contributed by atoms with Gasteiger partial charge in [0.25, 0.3) is 5.91 Å². The van der Waals surface area contributed by atoms with E-state index in [1.165, 1.54) is 14.2 Å². The van der Waals surface area contributed by atoms with Crippen molar-refractivity contribution in [2.75, 3.05) is 14.2 Å². The molecule has 0 aromatic heterocycles. The zero-order chi connectivity index (χ0) is 15.9. The molecule has 2 rings (SSSR count). The molecule has 1 amide bonds. The highest BCUT2D eigenvalue weighted by atomic mass is 16.6. The molecule has 0 bridgehead atoms. The van der Waals surface area contributed by atoms with Gasteiger partial charge in [0.05, 0.1) is 0 Å². The number of benzene rings is 2. The first-order valence-corrected chi connectivity index (χ1v) is 6.84. The third-order valence-corrected chi connectivity index (χ3v) is 3.25. The van der Waals surface area contributed by atoms with E-state index in [0.717, 1.165) is 5.56 Å². The van der Waals surface area contributed by atoms with E-state index < -0.39 is 6.10 Å². The molecule has 0 saturated heterocycles. The van der Waals surface area contributed by atoms with Crippen LogP contribution >= 0.6 is 0 Å². The predicted octanol–water partition coefficient (Wildman–Crippen LogP) is 1.86. The molecule has 0 fully saturated rings. The largest absolute Gasteiger partial charge is 0.398 e. The molecule has 0 aliphatic heterocycles. The zero-order valence-corrected chi connectivity index (χ0v) is 12.5. The van der Waals surface area contributed by atoms with Gasteiger partial charge in [-0.1, -0.05) is 59.8 Å². The first-order chi connectivity index (χ1) is 10.7. The summed E-state index contributed by atoms with van der Waals surface area (Å²) in [5.41, 5.74) is 1.98. The van der Waals surface area contributed by atoms with Crippen molar-refractivity contribution in [1.29, 1.82) is 0 Å². The molecule has 1 atom stereocenters. The molecule has 0 saturated carbocycles. The molecule has 0 aliphatic rings. The number of hydrogen-bond acceptors (Lipinski definition) is 4. The van der Waals surface area contributed by atoms with Crippen molar-refractivity contribution in [2.45, 2.75) is 6.10 Å². The van der Waals surface area contributed by atoms with Gasteiger partial charge >= 0.3 is 0 Å². The molecule has 114 valence electrons. The Morgan fingerprint density at radius 2 is 1.77 bits per heavy atom. The molecule has 5 heteroatoms. The van der Waals surface area contributed by atoms with Crippen LogP contribution in [0.15, 0.2) is 59.8 Å². The van der Waals surface area contributed by atoms with Gasteiger partial charge in [-0.05, 0) is 11.1 Å². The molecule has 22 heavy (non-hydrogen) atoms. The van der Waals surface area contributed by atoms with E-state index >= 15 is 0 Å². The maximum absolute atomic E-state index is 12.0. The van der Waals surface area contributed by atoms with Crippen molar-refractivity contribution in [2.24, 2.45) is 5.16 Å². The number of hydrogen-bond donors (Lipinski definition) is 2. The number of aliphatic hydroxyl groups excluding tert-OH is 1. The van der Waals surface area contributed by atoms with E-state index in [0.29, 0.717) is 11.1 Å². The Morgan fingerprint density at radius 1 is 1.14 bits per heavy atom. The molecule has 1 unspecified atom stereocenters. The normalized spacial score (nSPS) is 12.6. The standard InChI is InChI=1S/C17H18N2O3/c1-18-17(21)15(19-22-2)13-10-6-7-11-14(13)16(20)12-8-4-3-5-9-12/h3-11,16,20H,1-2H3,(H,18,21). The third-order valence-electron chi connectivity index (χ3n) is 3.25. The van der Waals surface area contributed by atoms with E-state index in [2.05, 4.69) is 10.5 Å². The summed E-state index contributed by atoms with van der Waals surface area (Å²) in [6.07, 6.45) is -0.857. The average Bonchev–Trinajstić information content (AvgIpc) is 2.59. The Balaban J connectivity index is 2.50. The summed E-state index contributed by atoms with van der Waals surface area (Å²) in [6, 6.07) is 16.3. The van der Waals surface area contributed by atoms with Crippen LogP contribution in [0.2, 0.25) is 0 Å². The summed E-state index contributed by atoms with van der Waals surface area (Å²) in [6.45, 7) is 0. The van der Waals surface area contributed by atoms with Crippen LogP contribution in [0.5, 0.6) is 0 Å². The van der Waals surface area contributed by atoms with Crippen molar-refractivity contribution >= 4 is 11.6 Å². The minimum atomic E-state index is -0.857. The fourth-order valence-corrected chi connectivity index (χ4v) is 2.19. The van der Waals surface area contributed by atoms with E-state index in [1.807, 2.05) is 30.3 Å². The van der Waals surface area contributed by atoms with Gasteiger partial charge in [0.15, 0.2) is 5.71 Å². The minimum Gasteiger partial charge on any atom is -0.398 e. The van der Waals surface area contributed by atoms with Crippen LogP contribution in [0.1, 0.15) is 22.8 Å². The number of rotatable bonds is 5. The van der Waals surface area contributed by atoms with Gasteiger partial charge in [0, 0.05) is 12.6 Å². The van der Waals surface area contributed by atoms with E-state index in [-0.39, 0.29) is 11.6 Å². The molecule has 0 aliphatic carbocycles. The van der Waals surface area contributed by atoms with Gasteiger partial charge in [-0.2, -0.15) is 0 Å². The number of likely N-dealkylation sites (N-methyl/N-ethyl adjacent to an activating group) is 1. The van der Waals surface area contributed by atoms with Crippen LogP contribution < -0.4 is 5.32 Å². The van der Waals surface area contributed by atoms with Crippen LogP contribution in [0, 0.1) is 0 Å². The van der Waals surface area contributed by atoms with Gasteiger partial charge in [-0.3, -0.25) is 4.79 Å². The topological polar surface area (TPSA) is 70.9 Å². The Kier molecular flexibility index (Phi) is 5.27. The summed E-state index contributed by atoms with van der Waals surface area (Å²) in [4.78, 5) is 16.8. The summed E-state index contributed by atoms with van der Waals surface area (Å²) >= 11 is 0. The second-order valence-corrected chi connectivity index (χ2v) is 4.60. The molecule has 5 nitrogen and oxygen atoms in total. The maximum Gasteiger partial charge on any atom is 0.273 e. The van der Waals surface area contributed by atoms with Gasteiger partial charge in [-0.25, -0.2) is 0 Å². The fraction of sp³-hybridized carbons (Fsp3) is 0.176. The first-order valence-electron chi connectivity index (χ1n) is 6.84. The molecule has 0 heterocycles. The summed E-state index contributed by atoms with van der Waals surface area (Å²) in [5.74, 6) is -0.380. The molecule has 0 radical (unpaired) electrons. The van der Waals surface area contributed by atoms with Crippen LogP contribution in [-0.2, 0) is 9.63 Å². The van der Waals surface area contributed by atoms with Crippen molar-refractivity contribution in [3.63, 3.8) is 0 Å². The maximum atomic E-state index is 12.0. The second kappa shape index (κ2) is 7.38. The lowest BCUT2D eigenvalue weighted by Gasteiger charge is -2.16. The van der Waals surface area contributed by atoms with Gasteiger partial charge in [-0.15, -0.1) is 0 Å². The number of carbonyl (C=O) groups is 1. The Bertz CT molecular complexity index is 669. The molecular weight excluding hydrogens is 280 g/mol. The van der Waals surface area contributed by atoms with Crippen LogP contribution in [0.3, 0.4) is 0 Å². The van der Waals surface area contributed by atoms with Crippen molar-refractivity contribution in [1.82, 2.24) is 5.32 Å².